The van der Waals surface area contributed by atoms with E-state index in [4.69, 9.17) is 4.74 Å². The average molecular weight is 404 g/mol. The molecule has 1 atom stereocenters. The lowest BCUT2D eigenvalue weighted by Crippen LogP contribution is -2.29. The van der Waals surface area contributed by atoms with Gasteiger partial charge in [0.25, 0.3) is 0 Å². The third kappa shape index (κ3) is 3.05. The van der Waals surface area contributed by atoms with Gasteiger partial charge in [0.2, 0.25) is 0 Å². The summed E-state index contributed by atoms with van der Waals surface area (Å²) in [6.07, 6.45) is 4.02. The first-order valence-electron chi connectivity index (χ1n) is 10.4. The van der Waals surface area contributed by atoms with Crippen molar-refractivity contribution in [1.29, 1.82) is 0 Å². The Morgan fingerprint density at radius 3 is 2.17 bits per heavy atom. The fourth-order valence-electron chi connectivity index (χ4n) is 4.34. The Hall–Kier alpha value is -3.21. The Morgan fingerprint density at radius 2 is 1.60 bits per heavy atom. The Balaban J connectivity index is 1.92. The summed E-state index contributed by atoms with van der Waals surface area (Å²) in [6.45, 7) is 6.02. The number of esters is 1. The normalized spacial score (nSPS) is 17.6. The van der Waals surface area contributed by atoms with Gasteiger partial charge in [0.15, 0.2) is 5.60 Å². The number of ether oxygens (including phenoxy) is 1. The third-order valence-corrected chi connectivity index (χ3v) is 6.01. The van der Waals surface area contributed by atoms with Crippen molar-refractivity contribution < 1.29 is 9.53 Å². The van der Waals surface area contributed by atoms with Gasteiger partial charge < -0.3 is 19.1 Å². The van der Waals surface area contributed by atoms with Crippen molar-refractivity contribution in [2.45, 2.75) is 19.4 Å². The molecule has 2 aromatic carbocycles. The van der Waals surface area contributed by atoms with E-state index in [-0.39, 0.29) is 5.97 Å². The largest absolute Gasteiger partial charge is 0.441 e. The number of fused-ring (bicyclic) bond motifs is 1. The maximum atomic E-state index is 13.1. The van der Waals surface area contributed by atoms with Crippen molar-refractivity contribution in [3.8, 4) is 0 Å². The minimum atomic E-state index is -0.944. The first-order valence-corrected chi connectivity index (χ1v) is 10.4. The monoisotopic (exact) mass is 403 g/mol. The van der Waals surface area contributed by atoms with Crippen molar-refractivity contribution in [3.05, 3.63) is 83.2 Å². The van der Waals surface area contributed by atoms with Crippen LogP contribution in [0, 0.1) is 0 Å². The zero-order chi connectivity index (χ0) is 21.5. The number of aromatic nitrogens is 1. The zero-order valence-corrected chi connectivity index (χ0v) is 18.3. The SMILES string of the molecule is CCN(CC)c1ccc2c(c1)C(=O)OC2(c1ccc(N(C)C)cc1)c1ccn(C)c1. The number of cyclic esters (lactones) is 1. The molecule has 0 N–H and O–H groups in total. The van der Waals surface area contributed by atoms with E-state index in [0.29, 0.717) is 5.56 Å². The second-order valence-electron chi connectivity index (χ2n) is 7.98. The van der Waals surface area contributed by atoms with Crippen LogP contribution in [0.2, 0.25) is 0 Å². The zero-order valence-electron chi connectivity index (χ0n) is 18.3. The predicted octanol–water partition coefficient (Wildman–Crippen LogP) is 4.40. The summed E-state index contributed by atoms with van der Waals surface area (Å²) in [5.41, 5.74) is 4.63. The lowest BCUT2D eigenvalue weighted by Gasteiger charge is -2.30. The molecule has 0 saturated heterocycles. The molecule has 5 heteroatoms. The van der Waals surface area contributed by atoms with Gasteiger partial charge in [0.05, 0.1) is 5.56 Å². The van der Waals surface area contributed by atoms with Crippen molar-refractivity contribution in [2.75, 3.05) is 37.0 Å². The molecular weight excluding hydrogens is 374 g/mol. The lowest BCUT2D eigenvalue weighted by atomic mass is 9.81. The number of rotatable bonds is 6. The molecule has 1 unspecified atom stereocenters. The van der Waals surface area contributed by atoms with Gasteiger partial charge in [-0.3, -0.25) is 0 Å². The van der Waals surface area contributed by atoms with Gasteiger partial charge in [-0.1, -0.05) is 18.2 Å². The summed E-state index contributed by atoms with van der Waals surface area (Å²) in [7, 11) is 6.01. The average Bonchev–Trinajstić information content (AvgIpc) is 3.31. The minimum absolute atomic E-state index is 0.278. The summed E-state index contributed by atoms with van der Waals surface area (Å²) >= 11 is 0. The van der Waals surface area contributed by atoms with E-state index in [1.807, 2.05) is 50.2 Å². The van der Waals surface area contributed by atoms with Crippen LogP contribution >= 0.6 is 0 Å². The molecule has 30 heavy (non-hydrogen) atoms. The number of hydrogen-bond acceptors (Lipinski definition) is 4. The van der Waals surface area contributed by atoms with Crippen LogP contribution in [0.25, 0.3) is 0 Å². The molecule has 0 amide bonds. The number of carbonyl (C=O) groups is 1. The van der Waals surface area contributed by atoms with E-state index >= 15 is 0 Å². The topological polar surface area (TPSA) is 37.7 Å². The van der Waals surface area contributed by atoms with Gasteiger partial charge in [-0.05, 0) is 44.2 Å². The maximum Gasteiger partial charge on any atom is 0.340 e. The van der Waals surface area contributed by atoms with Crippen molar-refractivity contribution in [2.24, 2.45) is 7.05 Å². The summed E-state index contributed by atoms with van der Waals surface area (Å²) < 4.78 is 8.21. The van der Waals surface area contributed by atoms with Crippen molar-refractivity contribution in [1.82, 2.24) is 4.57 Å². The van der Waals surface area contributed by atoms with Crippen LogP contribution < -0.4 is 9.80 Å². The summed E-state index contributed by atoms with van der Waals surface area (Å²) in [5.74, 6) is -0.278. The number of hydrogen-bond donors (Lipinski definition) is 0. The van der Waals surface area contributed by atoms with Crippen LogP contribution in [-0.2, 0) is 17.4 Å². The van der Waals surface area contributed by atoms with Crippen LogP contribution in [0.4, 0.5) is 11.4 Å². The minimum Gasteiger partial charge on any atom is -0.441 e. The molecule has 0 radical (unpaired) electrons. The first-order chi connectivity index (χ1) is 14.4. The second-order valence-corrected chi connectivity index (χ2v) is 7.98. The molecule has 0 fully saturated rings. The number of benzene rings is 2. The molecule has 5 nitrogen and oxygen atoms in total. The summed E-state index contributed by atoms with van der Waals surface area (Å²) in [5, 5.41) is 0. The molecule has 0 aliphatic carbocycles. The molecule has 0 bridgehead atoms. The predicted molar refractivity (Wildman–Crippen MR) is 121 cm³/mol. The fourth-order valence-corrected chi connectivity index (χ4v) is 4.34. The molecular formula is C25H29N3O2. The Kier molecular flexibility index (Phi) is 5.06. The Morgan fingerprint density at radius 1 is 0.933 bits per heavy atom. The molecule has 4 rings (SSSR count). The van der Waals surface area contributed by atoms with Gasteiger partial charge >= 0.3 is 5.97 Å². The van der Waals surface area contributed by atoms with Gasteiger partial charge in [0, 0.05) is 74.7 Å². The highest BCUT2D eigenvalue weighted by atomic mass is 16.6. The van der Waals surface area contributed by atoms with E-state index in [0.717, 1.165) is 41.2 Å². The van der Waals surface area contributed by atoms with E-state index in [2.05, 4.69) is 60.0 Å². The molecule has 0 saturated carbocycles. The highest BCUT2D eigenvalue weighted by Crippen LogP contribution is 2.48. The molecule has 1 aliphatic heterocycles. The summed E-state index contributed by atoms with van der Waals surface area (Å²) in [6, 6.07) is 16.4. The van der Waals surface area contributed by atoms with Gasteiger partial charge in [-0.2, -0.15) is 0 Å². The number of anilines is 2. The van der Waals surface area contributed by atoms with Gasteiger partial charge in [0.1, 0.15) is 0 Å². The second kappa shape index (κ2) is 7.56. The van der Waals surface area contributed by atoms with Gasteiger partial charge in [-0.15, -0.1) is 0 Å². The van der Waals surface area contributed by atoms with E-state index in [9.17, 15) is 4.79 Å². The quantitative estimate of drug-likeness (QED) is 0.572. The van der Waals surface area contributed by atoms with Crippen LogP contribution in [0.15, 0.2) is 60.9 Å². The van der Waals surface area contributed by atoms with Crippen molar-refractivity contribution >= 4 is 17.3 Å². The summed E-state index contributed by atoms with van der Waals surface area (Å²) in [4.78, 5) is 17.4. The number of nitrogens with zero attached hydrogens (tertiary/aromatic N) is 3. The first kappa shape index (κ1) is 20.1. The standard InChI is InChI=1S/C25H29N3O2/c1-6-28(7-2)21-12-13-23-22(16-21)24(29)30-25(23,19-14-15-27(5)17-19)18-8-10-20(11-9-18)26(3)4/h8-17H,6-7H2,1-5H3. The smallest absolute Gasteiger partial charge is 0.340 e. The van der Waals surface area contributed by atoms with E-state index in [1.165, 1.54) is 0 Å². The molecule has 3 aromatic rings. The van der Waals surface area contributed by atoms with Crippen LogP contribution in [0.3, 0.4) is 0 Å². The number of carbonyl (C=O) groups excluding carboxylic acids is 1. The van der Waals surface area contributed by atoms with E-state index in [1.54, 1.807) is 0 Å². The maximum absolute atomic E-state index is 13.1. The molecule has 0 spiro atoms. The number of aryl methyl sites for hydroxylation is 1. The van der Waals surface area contributed by atoms with Crippen LogP contribution in [-0.4, -0.2) is 37.7 Å². The Labute approximate surface area is 178 Å². The molecule has 1 aliphatic rings. The lowest BCUT2D eigenvalue weighted by molar-refractivity contribution is 0.0251. The van der Waals surface area contributed by atoms with Crippen molar-refractivity contribution in [3.63, 3.8) is 0 Å². The molecule has 156 valence electrons. The fraction of sp³-hybridized carbons (Fsp3) is 0.320. The molecule has 1 aromatic heterocycles. The van der Waals surface area contributed by atoms with Gasteiger partial charge in [-0.25, -0.2) is 4.79 Å². The molecule has 2 heterocycles. The Bertz CT molecular complexity index is 1060. The third-order valence-electron chi connectivity index (χ3n) is 6.01. The van der Waals surface area contributed by atoms with E-state index < -0.39 is 5.60 Å². The van der Waals surface area contributed by atoms with Crippen LogP contribution in [0.5, 0.6) is 0 Å². The highest BCUT2D eigenvalue weighted by molar-refractivity contribution is 5.97. The highest BCUT2D eigenvalue weighted by Gasteiger charge is 2.49. The van der Waals surface area contributed by atoms with Crippen LogP contribution in [0.1, 0.15) is 40.9 Å².